The average molecular weight is 270 g/mol. The van der Waals surface area contributed by atoms with Gasteiger partial charge in [-0.1, -0.05) is 31.2 Å². The second-order valence-corrected chi connectivity index (χ2v) is 4.64. The van der Waals surface area contributed by atoms with Crippen LogP contribution in [0, 0.1) is 0 Å². The molecule has 1 aromatic carbocycles. The van der Waals surface area contributed by atoms with Crippen LogP contribution in [0.3, 0.4) is 0 Å². The zero-order valence-corrected chi connectivity index (χ0v) is 11.9. The third kappa shape index (κ3) is 3.69. The van der Waals surface area contributed by atoms with Gasteiger partial charge in [0.15, 0.2) is 0 Å². The quantitative estimate of drug-likeness (QED) is 0.872. The second kappa shape index (κ2) is 7.74. The number of hydrogen-bond acceptors (Lipinski definition) is 3. The molecule has 3 N–H and O–H groups in total. The molecule has 0 aliphatic carbocycles. The molecule has 1 atom stereocenters. The van der Waals surface area contributed by atoms with Crippen LogP contribution >= 0.6 is 12.4 Å². The van der Waals surface area contributed by atoms with Crippen molar-refractivity contribution >= 4 is 12.4 Å². The summed E-state index contributed by atoms with van der Waals surface area (Å²) in [7, 11) is 0. The van der Waals surface area contributed by atoms with Crippen molar-refractivity contribution in [3.05, 3.63) is 35.4 Å². The van der Waals surface area contributed by atoms with Gasteiger partial charge in [-0.3, -0.25) is 4.90 Å². The number of piperazine rings is 1. The fourth-order valence-corrected chi connectivity index (χ4v) is 2.48. The van der Waals surface area contributed by atoms with Gasteiger partial charge in [0.25, 0.3) is 0 Å². The summed E-state index contributed by atoms with van der Waals surface area (Å²) in [5, 5.41) is 3.47. The largest absolute Gasteiger partial charge is 0.329 e. The van der Waals surface area contributed by atoms with E-state index in [2.05, 4.69) is 41.4 Å². The Morgan fingerprint density at radius 3 is 2.67 bits per heavy atom. The SMILES string of the molecule is CCc1ccc(C2CNCCN2CCN)cc1.Cl. The van der Waals surface area contributed by atoms with E-state index in [1.54, 1.807) is 0 Å². The zero-order chi connectivity index (χ0) is 12.1. The molecule has 0 saturated carbocycles. The lowest BCUT2D eigenvalue weighted by Gasteiger charge is -2.36. The van der Waals surface area contributed by atoms with Crippen LogP contribution < -0.4 is 11.1 Å². The normalized spacial score (nSPS) is 20.4. The molecule has 1 aliphatic rings. The fraction of sp³-hybridized carbons (Fsp3) is 0.571. The summed E-state index contributed by atoms with van der Waals surface area (Å²) in [5.74, 6) is 0. The first-order valence-electron chi connectivity index (χ1n) is 6.58. The number of rotatable bonds is 4. The van der Waals surface area contributed by atoms with Crippen molar-refractivity contribution in [1.29, 1.82) is 0 Å². The molecule has 0 amide bonds. The first-order valence-corrected chi connectivity index (χ1v) is 6.58. The van der Waals surface area contributed by atoms with Gasteiger partial charge in [-0.25, -0.2) is 0 Å². The van der Waals surface area contributed by atoms with Gasteiger partial charge in [-0.2, -0.15) is 0 Å². The predicted molar refractivity (Wildman–Crippen MR) is 79.3 cm³/mol. The van der Waals surface area contributed by atoms with E-state index in [4.69, 9.17) is 5.73 Å². The van der Waals surface area contributed by atoms with E-state index in [-0.39, 0.29) is 12.4 Å². The van der Waals surface area contributed by atoms with Gasteiger partial charge in [-0.15, -0.1) is 12.4 Å². The van der Waals surface area contributed by atoms with Crippen molar-refractivity contribution in [2.45, 2.75) is 19.4 Å². The maximum atomic E-state index is 5.68. The van der Waals surface area contributed by atoms with Crippen LogP contribution in [0.5, 0.6) is 0 Å². The minimum atomic E-state index is 0. The number of nitrogens with two attached hydrogens (primary N) is 1. The number of aryl methyl sites for hydroxylation is 1. The van der Waals surface area contributed by atoms with E-state index in [9.17, 15) is 0 Å². The first kappa shape index (κ1) is 15.4. The van der Waals surface area contributed by atoms with Crippen molar-refractivity contribution < 1.29 is 0 Å². The highest BCUT2D eigenvalue weighted by Gasteiger charge is 2.22. The molecule has 1 unspecified atom stereocenters. The molecule has 1 saturated heterocycles. The lowest BCUT2D eigenvalue weighted by molar-refractivity contribution is 0.167. The fourth-order valence-electron chi connectivity index (χ4n) is 2.48. The van der Waals surface area contributed by atoms with Gasteiger partial charge in [-0.05, 0) is 17.5 Å². The van der Waals surface area contributed by atoms with Crippen LogP contribution in [0.15, 0.2) is 24.3 Å². The third-order valence-corrected chi connectivity index (χ3v) is 3.54. The predicted octanol–water partition coefficient (Wildman–Crippen LogP) is 1.58. The van der Waals surface area contributed by atoms with Crippen molar-refractivity contribution in [2.24, 2.45) is 5.73 Å². The van der Waals surface area contributed by atoms with Crippen molar-refractivity contribution in [1.82, 2.24) is 10.2 Å². The molecular formula is C14H24ClN3. The summed E-state index contributed by atoms with van der Waals surface area (Å²) in [6.45, 7) is 7.12. The van der Waals surface area contributed by atoms with Gasteiger partial charge >= 0.3 is 0 Å². The number of nitrogens with zero attached hydrogens (tertiary/aromatic N) is 1. The lowest BCUT2D eigenvalue weighted by Crippen LogP contribution is -2.47. The minimum absolute atomic E-state index is 0. The second-order valence-electron chi connectivity index (χ2n) is 4.64. The molecule has 0 spiro atoms. The molecular weight excluding hydrogens is 246 g/mol. The molecule has 1 heterocycles. The zero-order valence-electron chi connectivity index (χ0n) is 11.1. The van der Waals surface area contributed by atoms with Gasteiger partial charge in [0.2, 0.25) is 0 Å². The van der Waals surface area contributed by atoms with Crippen molar-refractivity contribution in [3.63, 3.8) is 0 Å². The third-order valence-electron chi connectivity index (χ3n) is 3.54. The number of halogens is 1. The van der Waals surface area contributed by atoms with Crippen molar-refractivity contribution in [3.8, 4) is 0 Å². The molecule has 0 radical (unpaired) electrons. The summed E-state index contributed by atoms with van der Waals surface area (Å²) in [5.41, 5.74) is 8.49. The minimum Gasteiger partial charge on any atom is -0.329 e. The maximum absolute atomic E-state index is 5.68. The van der Waals surface area contributed by atoms with E-state index in [0.717, 1.165) is 39.1 Å². The molecule has 1 aliphatic heterocycles. The highest BCUT2D eigenvalue weighted by Crippen LogP contribution is 2.22. The monoisotopic (exact) mass is 269 g/mol. The summed E-state index contributed by atoms with van der Waals surface area (Å²) >= 11 is 0. The summed E-state index contributed by atoms with van der Waals surface area (Å²) < 4.78 is 0. The Labute approximate surface area is 116 Å². The van der Waals surface area contributed by atoms with E-state index in [0.29, 0.717) is 6.04 Å². The Morgan fingerprint density at radius 2 is 2.06 bits per heavy atom. The molecule has 4 heteroatoms. The van der Waals surface area contributed by atoms with E-state index in [1.807, 2.05) is 0 Å². The Kier molecular flexibility index (Phi) is 6.65. The van der Waals surface area contributed by atoms with Crippen LogP contribution in [-0.2, 0) is 6.42 Å². The Morgan fingerprint density at radius 1 is 1.33 bits per heavy atom. The first-order chi connectivity index (χ1) is 8.35. The molecule has 3 nitrogen and oxygen atoms in total. The van der Waals surface area contributed by atoms with E-state index >= 15 is 0 Å². The summed E-state index contributed by atoms with van der Waals surface area (Å²) in [6.07, 6.45) is 1.11. The van der Waals surface area contributed by atoms with Crippen LogP contribution in [0.2, 0.25) is 0 Å². The number of nitrogens with one attached hydrogen (secondary N) is 1. The van der Waals surface area contributed by atoms with Crippen LogP contribution in [0.25, 0.3) is 0 Å². The van der Waals surface area contributed by atoms with Crippen LogP contribution in [-0.4, -0.2) is 37.6 Å². The highest BCUT2D eigenvalue weighted by atomic mass is 35.5. The van der Waals surface area contributed by atoms with Gasteiger partial charge in [0.1, 0.15) is 0 Å². The summed E-state index contributed by atoms with van der Waals surface area (Å²) in [6, 6.07) is 9.49. The molecule has 102 valence electrons. The number of benzene rings is 1. The standard InChI is InChI=1S/C14H23N3.ClH/c1-2-12-3-5-13(6-4-12)14-11-16-8-10-17(14)9-7-15;/h3-6,14,16H,2,7-11,15H2,1H3;1H. The van der Waals surface area contributed by atoms with E-state index < -0.39 is 0 Å². The molecule has 1 aromatic rings. The maximum Gasteiger partial charge on any atom is 0.0473 e. The smallest absolute Gasteiger partial charge is 0.0473 e. The highest BCUT2D eigenvalue weighted by molar-refractivity contribution is 5.85. The summed E-state index contributed by atoms with van der Waals surface area (Å²) in [4.78, 5) is 2.48. The molecule has 18 heavy (non-hydrogen) atoms. The van der Waals surface area contributed by atoms with Crippen LogP contribution in [0.4, 0.5) is 0 Å². The van der Waals surface area contributed by atoms with Gasteiger partial charge < -0.3 is 11.1 Å². The van der Waals surface area contributed by atoms with Gasteiger partial charge in [0.05, 0.1) is 0 Å². The lowest BCUT2D eigenvalue weighted by atomic mass is 10.0. The molecule has 2 rings (SSSR count). The Hall–Kier alpha value is -0.610. The van der Waals surface area contributed by atoms with Crippen molar-refractivity contribution in [2.75, 3.05) is 32.7 Å². The number of hydrogen-bond donors (Lipinski definition) is 2. The van der Waals surface area contributed by atoms with E-state index in [1.165, 1.54) is 11.1 Å². The van der Waals surface area contributed by atoms with Gasteiger partial charge in [0, 0.05) is 38.8 Å². The Bertz CT molecular complexity index is 337. The van der Waals surface area contributed by atoms with Crippen LogP contribution in [0.1, 0.15) is 24.1 Å². The average Bonchev–Trinajstić information content (AvgIpc) is 2.40. The topological polar surface area (TPSA) is 41.3 Å². The molecule has 1 fully saturated rings. The Balaban J connectivity index is 0.00000162. The molecule has 0 aromatic heterocycles. The molecule has 0 bridgehead atoms.